The van der Waals surface area contributed by atoms with Crippen molar-refractivity contribution in [1.29, 1.82) is 0 Å². The Morgan fingerprint density at radius 3 is 1.59 bits per heavy atom. The van der Waals surface area contributed by atoms with Crippen molar-refractivity contribution in [3.8, 4) is 22.3 Å². The third-order valence-corrected chi connectivity index (χ3v) is 6.19. The number of cyclic esters (lactones) is 1. The van der Waals surface area contributed by atoms with Crippen molar-refractivity contribution in [3.63, 3.8) is 0 Å². The summed E-state index contributed by atoms with van der Waals surface area (Å²) in [6.45, 7) is 0. The second kappa shape index (κ2) is 7.51. The maximum Gasteiger partial charge on any atom is 0.339 e. The largest absolute Gasteiger partial charge is 0.449 e. The Morgan fingerprint density at radius 2 is 1.03 bits per heavy atom. The number of benzene rings is 5. The molecule has 1 heterocycles. The normalized spacial score (nSPS) is 14.9. The molecule has 5 aromatic rings. The number of carbonyl (C=O) groups excluding carboxylic acids is 1. The second-order valence-electron chi connectivity index (χ2n) is 8.07. The Labute approximate surface area is 186 Å². The first-order valence-corrected chi connectivity index (χ1v) is 10.8. The van der Waals surface area contributed by atoms with Gasteiger partial charge in [0.1, 0.15) is 0 Å². The zero-order chi connectivity index (χ0) is 21.5. The molecule has 1 aliphatic heterocycles. The highest BCUT2D eigenvalue weighted by Gasteiger charge is 2.33. The van der Waals surface area contributed by atoms with Crippen molar-refractivity contribution in [3.05, 3.63) is 132 Å². The molecule has 0 bridgehead atoms. The molecule has 0 saturated carbocycles. The zero-order valence-corrected chi connectivity index (χ0v) is 17.4. The van der Waals surface area contributed by atoms with Gasteiger partial charge in [-0.2, -0.15) is 0 Å². The van der Waals surface area contributed by atoms with Crippen LogP contribution in [0, 0.1) is 0 Å². The molecule has 0 unspecified atom stereocenters. The van der Waals surface area contributed by atoms with E-state index in [2.05, 4.69) is 54.6 Å². The van der Waals surface area contributed by atoms with Crippen LogP contribution in [0.5, 0.6) is 0 Å². The van der Waals surface area contributed by atoms with Gasteiger partial charge in [-0.15, -0.1) is 0 Å². The standard InChI is InChI=1S/C30H20O2/c31-30-28-19-26-24(21-12-6-2-7-13-21)17-16-23(20-10-4-1-5-11-20)25(26)18-27(28)29(32-30)22-14-8-3-9-15-22/h1-19,29H/t29-/m0/s1. The Bertz CT molecular complexity index is 1440. The molecule has 0 radical (unpaired) electrons. The minimum atomic E-state index is -0.382. The van der Waals surface area contributed by atoms with E-state index >= 15 is 0 Å². The lowest BCUT2D eigenvalue weighted by atomic mass is 9.88. The van der Waals surface area contributed by atoms with Crippen LogP contribution in [0.1, 0.15) is 27.6 Å². The first-order chi connectivity index (χ1) is 15.8. The number of fused-ring (bicyclic) bond motifs is 2. The summed E-state index contributed by atoms with van der Waals surface area (Å²) in [5, 5.41) is 2.18. The average Bonchev–Trinajstić information content (AvgIpc) is 3.19. The summed E-state index contributed by atoms with van der Waals surface area (Å²) < 4.78 is 5.84. The van der Waals surface area contributed by atoms with Crippen LogP contribution in [0.4, 0.5) is 0 Å². The number of ether oxygens (including phenoxy) is 1. The van der Waals surface area contributed by atoms with Crippen LogP contribution in [0.15, 0.2) is 115 Å². The molecule has 2 nitrogen and oxygen atoms in total. The minimum Gasteiger partial charge on any atom is -0.449 e. The minimum absolute atomic E-state index is 0.264. The quantitative estimate of drug-likeness (QED) is 0.288. The number of hydrogen-bond donors (Lipinski definition) is 0. The maximum absolute atomic E-state index is 12.9. The molecule has 0 N–H and O–H groups in total. The molecule has 0 amide bonds. The molecule has 0 fully saturated rings. The Hall–Kier alpha value is -4.17. The predicted octanol–water partition coefficient (Wildman–Crippen LogP) is 7.43. The molecule has 32 heavy (non-hydrogen) atoms. The third kappa shape index (κ3) is 3.00. The summed E-state index contributed by atoms with van der Waals surface area (Å²) in [6, 6.07) is 39.2. The van der Waals surface area contributed by atoms with Crippen LogP contribution in [0.2, 0.25) is 0 Å². The molecule has 2 heteroatoms. The van der Waals surface area contributed by atoms with E-state index in [4.69, 9.17) is 4.74 Å². The highest BCUT2D eigenvalue weighted by molar-refractivity contribution is 6.09. The van der Waals surface area contributed by atoms with Gasteiger partial charge in [-0.3, -0.25) is 0 Å². The van der Waals surface area contributed by atoms with Gasteiger partial charge in [-0.25, -0.2) is 4.79 Å². The molecule has 0 spiro atoms. The van der Waals surface area contributed by atoms with E-state index in [0.717, 1.165) is 44.2 Å². The SMILES string of the molecule is O=C1O[C@@H](c2ccccc2)c2cc3c(-c4ccccc4)ccc(-c4ccccc4)c3cc21. The van der Waals surface area contributed by atoms with Gasteiger partial charge in [0, 0.05) is 5.56 Å². The molecule has 1 atom stereocenters. The van der Waals surface area contributed by atoms with Crippen LogP contribution in [-0.4, -0.2) is 5.97 Å². The summed E-state index contributed by atoms with van der Waals surface area (Å²) in [7, 11) is 0. The van der Waals surface area contributed by atoms with Crippen molar-refractivity contribution in [2.75, 3.05) is 0 Å². The van der Waals surface area contributed by atoms with E-state index in [0.29, 0.717) is 5.56 Å². The van der Waals surface area contributed by atoms with Gasteiger partial charge in [0.2, 0.25) is 0 Å². The van der Waals surface area contributed by atoms with Crippen molar-refractivity contribution < 1.29 is 9.53 Å². The monoisotopic (exact) mass is 412 g/mol. The summed E-state index contributed by atoms with van der Waals surface area (Å²) >= 11 is 0. The van der Waals surface area contributed by atoms with Crippen LogP contribution in [0.3, 0.4) is 0 Å². The van der Waals surface area contributed by atoms with E-state index in [-0.39, 0.29) is 12.1 Å². The van der Waals surface area contributed by atoms with Gasteiger partial charge in [0.25, 0.3) is 0 Å². The highest BCUT2D eigenvalue weighted by atomic mass is 16.5. The van der Waals surface area contributed by atoms with Crippen molar-refractivity contribution in [2.24, 2.45) is 0 Å². The molecule has 1 aliphatic rings. The smallest absolute Gasteiger partial charge is 0.339 e. The van der Waals surface area contributed by atoms with Gasteiger partial charge >= 0.3 is 5.97 Å². The molecular formula is C30H20O2. The molecule has 152 valence electrons. The first-order valence-electron chi connectivity index (χ1n) is 10.8. The number of carbonyl (C=O) groups is 1. The summed E-state index contributed by atoms with van der Waals surface area (Å²) in [6.07, 6.45) is -0.382. The van der Waals surface area contributed by atoms with Gasteiger partial charge in [-0.1, -0.05) is 103 Å². The zero-order valence-electron chi connectivity index (χ0n) is 17.4. The highest BCUT2D eigenvalue weighted by Crippen LogP contribution is 2.43. The fraction of sp³-hybridized carbons (Fsp3) is 0.0333. The fourth-order valence-corrected chi connectivity index (χ4v) is 4.65. The van der Waals surface area contributed by atoms with Crippen molar-refractivity contribution >= 4 is 16.7 Å². The third-order valence-electron chi connectivity index (χ3n) is 6.19. The molecular weight excluding hydrogens is 392 g/mol. The Morgan fingerprint density at radius 1 is 0.531 bits per heavy atom. The maximum atomic E-state index is 12.9. The summed E-state index contributed by atoms with van der Waals surface area (Å²) in [4.78, 5) is 12.9. The van der Waals surface area contributed by atoms with Gasteiger partial charge < -0.3 is 4.74 Å². The van der Waals surface area contributed by atoms with Crippen molar-refractivity contribution in [1.82, 2.24) is 0 Å². The topological polar surface area (TPSA) is 26.3 Å². The van der Waals surface area contributed by atoms with Gasteiger partial charge in [0.05, 0.1) is 5.56 Å². The van der Waals surface area contributed by atoms with E-state index in [1.807, 2.05) is 60.7 Å². The van der Waals surface area contributed by atoms with Crippen LogP contribution >= 0.6 is 0 Å². The first kappa shape index (κ1) is 18.6. The summed E-state index contributed by atoms with van der Waals surface area (Å²) in [5.74, 6) is -0.264. The van der Waals surface area contributed by atoms with E-state index in [1.54, 1.807) is 0 Å². The van der Waals surface area contributed by atoms with E-state index in [1.165, 1.54) is 0 Å². The van der Waals surface area contributed by atoms with Gasteiger partial charge in [0.15, 0.2) is 6.10 Å². The van der Waals surface area contributed by atoms with Crippen LogP contribution < -0.4 is 0 Å². The van der Waals surface area contributed by atoms with E-state index < -0.39 is 0 Å². The van der Waals surface area contributed by atoms with Crippen molar-refractivity contribution in [2.45, 2.75) is 6.10 Å². The lowest BCUT2D eigenvalue weighted by molar-refractivity contribution is 0.0456. The number of hydrogen-bond acceptors (Lipinski definition) is 2. The molecule has 5 aromatic carbocycles. The number of esters is 1. The molecule has 0 aromatic heterocycles. The fourth-order valence-electron chi connectivity index (χ4n) is 4.65. The molecule has 6 rings (SSSR count). The molecule has 0 saturated heterocycles. The number of rotatable bonds is 3. The van der Waals surface area contributed by atoms with E-state index in [9.17, 15) is 4.79 Å². The Balaban J connectivity index is 1.65. The van der Waals surface area contributed by atoms with Crippen LogP contribution in [0.25, 0.3) is 33.0 Å². The average molecular weight is 412 g/mol. The summed E-state index contributed by atoms with van der Waals surface area (Å²) in [5.41, 5.74) is 7.10. The van der Waals surface area contributed by atoms with Gasteiger partial charge in [-0.05, 0) is 50.7 Å². The Kier molecular flexibility index (Phi) is 4.36. The lowest BCUT2D eigenvalue weighted by Crippen LogP contribution is -2.00. The van der Waals surface area contributed by atoms with Crippen LogP contribution in [-0.2, 0) is 4.74 Å². The second-order valence-corrected chi connectivity index (χ2v) is 8.07. The predicted molar refractivity (Wildman–Crippen MR) is 129 cm³/mol. The molecule has 0 aliphatic carbocycles. The lowest BCUT2D eigenvalue weighted by Gasteiger charge is -2.15.